The highest BCUT2D eigenvalue weighted by molar-refractivity contribution is 6.27. The molecule has 2 aromatic carbocycles. The van der Waals surface area contributed by atoms with Gasteiger partial charge in [0.15, 0.2) is 0 Å². The number of hydrogen-bond acceptors (Lipinski definition) is 1. The summed E-state index contributed by atoms with van der Waals surface area (Å²) in [5, 5.41) is 4.53. The van der Waals surface area contributed by atoms with Gasteiger partial charge in [-0.1, -0.05) is 36.4 Å². The molecule has 0 aliphatic heterocycles. The van der Waals surface area contributed by atoms with Gasteiger partial charge in [0, 0.05) is 48.2 Å². The topological polar surface area (TPSA) is 31.9 Å². The van der Waals surface area contributed by atoms with Gasteiger partial charge in [0.2, 0.25) is 0 Å². The molecular weight excluding hydrogens is 298 g/mol. The molecule has 5 rings (SSSR count). The zero-order valence-electron chi connectivity index (χ0n) is 13.9. The number of hydrogen-bond donors (Lipinski definition) is 0. The van der Waals surface area contributed by atoms with Crippen molar-refractivity contribution in [3.8, 4) is 0 Å². The molecule has 0 aliphatic rings. The summed E-state index contributed by atoms with van der Waals surface area (Å²) in [6, 6.07) is 16.6. The molecule has 0 saturated heterocycles. The molecule has 0 saturated carbocycles. The van der Waals surface area contributed by atoms with Crippen molar-refractivity contribution in [1.29, 1.82) is 0 Å². The van der Waals surface area contributed by atoms with Crippen LogP contribution in [0, 0.1) is 0 Å². The van der Waals surface area contributed by atoms with Crippen molar-refractivity contribution in [1.82, 2.24) is 13.7 Å². The van der Waals surface area contributed by atoms with Gasteiger partial charge in [-0.3, -0.25) is 9.36 Å². The SMILES string of the molecule is Cn1c(=O)c2c(c3ccccc3n2C)c2c3ccccc3n(C)c21. The van der Waals surface area contributed by atoms with E-state index in [0.29, 0.717) is 0 Å². The fraction of sp³-hybridized carbons (Fsp3) is 0.150. The molecule has 3 aromatic heterocycles. The Balaban J connectivity index is 2.31. The van der Waals surface area contributed by atoms with E-state index >= 15 is 0 Å². The fourth-order valence-corrected chi connectivity index (χ4v) is 4.17. The van der Waals surface area contributed by atoms with Crippen LogP contribution in [0.4, 0.5) is 0 Å². The van der Waals surface area contributed by atoms with E-state index in [1.807, 2.05) is 43.9 Å². The summed E-state index contributed by atoms with van der Waals surface area (Å²) < 4.78 is 5.91. The molecule has 0 bridgehead atoms. The van der Waals surface area contributed by atoms with Crippen LogP contribution in [-0.2, 0) is 21.1 Å². The summed E-state index contributed by atoms with van der Waals surface area (Å²) in [6.07, 6.45) is 0. The minimum atomic E-state index is 0.0436. The predicted molar refractivity (Wildman–Crippen MR) is 99.6 cm³/mol. The molecule has 0 fully saturated rings. The number of para-hydroxylation sites is 2. The quantitative estimate of drug-likeness (QED) is 0.429. The third kappa shape index (κ3) is 1.37. The van der Waals surface area contributed by atoms with Crippen molar-refractivity contribution < 1.29 is 0 Å². The lowest BCUT2D eigenvalue weighted by atomic mass is 10.1. The second-order valence-electron chi connectivity index (χ2n) is 6.44. The summed E-state index contributed by atoms with van der Waals surface area (Å²) >= 11 is 0. The lowest BCUT2D eigenvalue weighted by molar-refractivity contribution is 0.843. The Morgan fingerprint density at radius 1 is 0.667 bits per heavy atom. The minimum Gasteiger partial charge on any atom is -0.339 e. The highest BCUT2D eigenvalue weighted by atomic mass is 16.1. The molecule has 118 valence electrons. The van der Waals surface area contributed by atoms with E-state index in [2.05, 4.69) is 34.9 Å². The fourth-order valence-electron chi connectivity index (χ4n) is 4.17. The third-order valence-corrected chi connectivity index (χ3v) is 5.26. The zero-order valence-corrected chi connectivity index (χ0v) is 13.9. The second-order valence-corrected chi connectivity index (χ2v) is 6.44. The van der Waals surface area contributed by atoms with E-state index in [1.165, 1.54) is 5.39 Å². The van der Waals surface area contributed by atoms with Crippen LogP contribution in [0.2, 0.25) is 0 Å². The van der Waals surface area contributed by atoms with Gasteiger partial charge in [-0.2, -0.15) is 0 Å². The summed E-state index contributed by atoms with van der Waals surface area (Å²) in [7, 11) is 5.87. The van der Waals surface area contributed by atoms with Crippen molar-refractivity contribution in [2.75, 3.05) is 0 Å². The molecular formula is C20H17N3O. The zero-order chi connectivity index (χ0) is 16.6. The van der Waals surface area contributed by atoms with Crippen LogP contribution in [0.1, 0.15) is 0 Å². The van der Waals surface area contributed by atoms with Crippen molar-refractivity contribution in [3.05, 3.63) is 58.9 Å². The van der Waals surface area contributed by atoms with E-state index in [9.17, 15) is 4.79 Å². The smallest absolute Gasteiger partial charge is 0.276 e. The van der Waals surface area contributed by atoms with Gasteiger partial charge in [0.05, 0.1) is 5.52 Å². The first-order valence-electron chi connectivity index (χ1n) is 8.04. The molecule has 0 radical (unpaired) electrons. The van der Waals surface area contributed by atoms with Gasteiger partial charge in [-0.05, 0) is 12.1 Å². The van der Waals surface area contributed by atoms with Crippen LogP contribution in [0.15, 0.2) is 53.3 Å². The first kappa shape index (κ1) is 13.4. The molecule has 5 aromatic rings. The molecule has 0 N–H and O–H groups in total. The number of rotatable bonds is 0. The second kappa shape index (κ2) is 4.29. The number of fused-ring (bicyclic) bond motifs is 7. The maximum Gasteiger partial charge on any atom is 0.276 e. The largest absolute Gasteiger partial charge is 0.339 e. The summed E-state index contributed by atoms with van der Waals surface area (Å²) in [5.41, 5.74) is 4.00. The predicted octanol–water partition coefficient (Wildman–Crippen LogP) is 3.68. The molecule has 0 unspecified atom stereocenters. The molecule has 0 aliphatic carbocycles. The number of aryl methyl sites for hydroxylation is 3. The average molecular weight is 315 g/mol. The van der Waals surface area contributed by atoms with E-state index in [0.717, 1.165) is 38.4 Å². The molecule has 3 heterocycles. The van der Waals surface area contributed by atoms with Crippen LogP contribution < -0.4 is 5.56 Å². The van der Waals surface area contributed by atoms with E-state index < -0.39 is 0 Å². The maximum absolute atomic E-state index is 13.1. The highest BCUT2D eigenvalue weighted by Crippen LogP contribution is 2.37. The van der Waals surface area contributed by atoms with Crippen LogP contribution in [-0.4, -0.2) is 13.7 Å². The Bertz CT molecular complexity index is 1350. The van der Waals surface area contributed by atoms with Gasteiger partial charge in [-0.25, -0.2) is 0 Å². The van der Waals surface area contributed by atoms with Crippen LogP contribution >= 0.6 is 0 Å². The molecule has 4 nitrogen and oxygen atoms in total. The van der Waals surface area contributed by atoms with E-state index in [1.54, 1.807) is 4.57 Å². The van der Waals surface area contributed by atoms with Crippen LogP contribution in [0.5, 0.6) is 0 Å². The molecule has 4 heteroatoms. The van der Waals surface area contributed by atoms with Crippen molar-refractivity contribution in [2.45, 2.75) is 0 Å². The Morgan fingerprint density at radius 2 is 1.21 bits per heavy atom. The summed E-state index contributed by atoms with van der Waals surface area (Å²) in [4.78, 5) is 13.1. The highest BCUT2D eigenvalue weighted by Gasteiger charge is 2.21. The van der Waals surface area contributed by atoms with Crippen LogP contribution in [0.3, 0.4) is 0 Å². The molecule has 0 atom stereocenters. The lowest BCUT2D eigenvalue weighted by Crippen LogP contribution is -2.20. The lowest BCUT2D eigenvalue weighted by Gasteiger charge is -2.06. The van der Waals surface area contributed by atoms with Gasteiger partial charge in [0.1, 0.15) is 11.2 Å². The number of nitrogens with zero attached hydrogens (tertiary/aromatic N) is 3. The first-order valence-corrected chi connectivity index (χ1v) is 8.04. The number of pyridine rings is 1. The standard InChI is InChI=1S/C20H17N3O/c1-21-14-10-6-4-8-12(14)16-17-13-9-5-7-11-15(13)22(2)19(17)23(3)20(24)18(16)21/h4-11H,1-3H3. The van der Waals surface area contributed by atoms with Gasteiger partial charge >= 0.3 is 0 Å². The van der Waals surface area contributed by atoms with Crippen molar-refractivity contribution in [2.24, 2.45) is 21.1 Å². The number of benzene rings is 2. The van der Waals surface area contributed by atoms with Crippen molar-refractivity contribution >= 4 is 43.7 Å². The molecule has 24 heavy (non-hydrogen) atoms. The maximum atomic E-state index is 13.1. The Kier molecular flexibility index (Phi) is 2.40. The normalized spacial score (nSPS) is 12.1. The summed E-state index contributed by atoms with van der Waals surface area (Å²) in [6.45, 7) is 0. The van der Waals surface area contributed by atoms with Crippen molar-refractivity contribution in [3.63, 3.8) is 0 Å². The first-order chi connectivity index (χ1) is 11.6. The molecule has 0 amide bonds. The van der Waals surface area contributed by atoms with Gasteiger partial charge < -0.3 is 9.13 Å². The minimum absolute atomic E-state index is 0.0436. The van der Waals surface area contributed by atoms with Gasteiger partial charge in [0.25, 0.3) is 5.56 Å². The Labute approximate surface area is 138 Å². The average Bonchev–Trinajstić information content (AvgIpc) is 3.06. The van der Waals surface area contributed by atoms with Gasteiger partial charge in [-0.15, -0.1) is 0 Å². The molecule has 0 spiro atoms. The monoisotopic (exact) mass is 315 g/mol. The Hall–Kier alpha value is -3.01. The summed E-state index contributed by atoms with van der Waals surface area (Å²) in [5.74, 6) is 0. The van der Waals surface area contributed by atoms with E-state index in [-0.39, 0.29) is 5.56 Å². The Morgan fingerprint density at radius 3 is 1.88 bits per heavy atom. The third-order valence-electron chi connectivity index (χ3n) is 5.26. The van der Waals surface area contributed by atoms with E-state index in [4.69, 9.17) is 0 Å². The number of aromatic nitrogens is 3. The van der Waals surface area contributed by atoms with Crippen LogP contribution in [0.25, 0.3) is 43.7 Å².